The van der Waals surface area contributed by atoms with E-state index in [1.807, 2.05) is 6.07 Å². The van der Waals surface area contributed by atoms with Crippen molar-refractivity contribution in [2.24, 2.45) is 0 Å². The monoisotopic (exact) mass is 282 g/mol. The van der Waals surface area contributed by atoms with E-state index in [9.17, 15) is 0 Å². The van der Waals surface area contributed by atoms with E-state index in [0.717, 1.165) is 11.1 Å². The Bertz CT molecular complexity index is 549. The number of pyridine rings is 1. The fourth-order valence-electron chi connectivity index (χ4n) is 1.29. The van der Waals surface area contributed by atoms with Gasteiger partial charge in [0.15, 0.2) is 0 Å². The number of hydrogen-bond donors (Lipinski definition) is 1. The van der Waals surface area contributed by atoms with E-state index in [4.69, 9.17) is 29.3 Å². The van der Waals surface area contributed by atoms with E-state index in [2.05, 4.69) is 26.0 Å². The standard InChI is InChI=1S/C9H6B3BrN4/c10-9(11,12)17-4-6(3-16-17)5-1-7(13)8(14)15-2-5/h1-4H,(H2,14,15). The van der Waals surface area contributed by atoms with Gasteiger partial charge in [-0.25, -0.2) is 4.98 Å². The highest BCUT2D eigenvalue weighted by Gasteiger charge is 2.13. The van der Waals surface area contributed by atoms with Gasteiger partial charge in [0.2, 0.25) is 0 Å². The van der Waals surface area contributed by atoms with Crippen molar-refractivity contribution in [3.05, 3.63) is 29.1 Å². The quantitative estimate of drug-likeness (QED) is 0.809. The molecule has 2 heterocycles. The van der Waals surface area contributed by atoms with Gasteiger partial charge in [-0.3, -0.25) is 4.68 Å². The topological polar surface area (TPSA) is 56.7 Å². The number of anilines is 1. The number of aromatic nitrogens is 3. The van der Waals surface area contributed by atoms with Crippen molar-refractivity contribution < 1.29 is 0 Å². The molecule has 0 saturated heterocycles. The minimum absolute atomic E-state index is 0.423. The summed E-state index contributed by atoms with van der Waals surface area (Å²) in [7, 11) is 16.5. The molecule has 0 aliphatic carbocycles. The van der Waals surface area contributed by atoms with E-state index < -0.39 is 5.24 Å². The summed E-state index contributed by atoms with van der Waals surface area (Å²) in [6.07, 6.45) is 4.87. The molecule has 0 bridgehead atoms. The fourth-order valence-corrected chi connectivity index (χ4v) is 1.64. The van der Waals surface area contributed by atoms with Crippen LogP contribution in [0.3, 0.4) is 0 Å². The second-order valence-corrected chi connectivity index (χ2v) is 4.51. The first-order valence-corrected chi connectivity index (χ1v) is 5.50. The minimum Gasteiger partial charge on any atom is -0.383 e. The van der Waals surface area contributed by atoms with E-state index in [1.54, 1.807) is 18.6 Å². The van der Waals surface area contributed by atoms with Gasteiger partial charge in [0.1, 0.15) is 5.82 Å². The van der Waals surface area contributed by atoms with Gasteiger partial charge in [-0.15, -0.1) is 0 Å². The van der Waals surface area contributed by atoms with Crippen LogP contribution in [0.15, 0.2) is 29.1 Å². The van der Waals surface area contributed by atoms with Gasteiger partial charge in [0.25, 0.3) is 0 Å². The molecule has 78 valence electrons. The molecule has 0 aliphatic heterocycles. The maximum atomic E-state index is 5.60. The number of nitrogen functional groups attached to an aromatic ring is 1. The average molecular weight is 283 g/mol. The molecule has 0 fully saturated rings. The van der Waals surface area contributed by atoms with Crippen LogP contribution in [0, 0.1) is 0 Å². The van der Waals surface area contributed by atoms with Crippen molar-refractivity contribution in [2.75, 3.05) is 5.73 Å². The Labute approximate surface area is 111 Å². The Morgan fingerprint density at radius 2 is 1.94 bits per heavy atom. The number of halogens is 1. The van der Waals surface area contributed by atoms with E-state index in [0.29, 0.717) is 10.3 Å². The molecule has 4 nitrogen and oxygen atoms in total. The largest absolute Gasteiger partial charge is 0.383 e. The molecular weight excluding hydrogens is 276 g/mol. The molecule has 2 aromatic heterocycles. The zero-order chi connectivity index (χ0) is 12.6. The predicted molar refractivity (Wildman–Crippen MR) is 72.8 cm³/mol. The molecule has 0 aliphatic rings. The number of nitrogens with two attached hydrogens (primary N) is 1. The van der Waals surface area contributed by atoms with Crippen LogP contribution in [-0.2, 0) is 5.24 Å². The van der Waals surface area contributed by atoms with Crippen LogP contribution >= 0.6 is 15.9 Å². The highest BCUT2D eigenvalue weighted by molar-refractivity contribution is 9.10. The van der Waals surface area contributed by atoms with Gasteiger partial charge >= 0.3 is 0 Å². The predicted octanol–water partition coefficient (Wildman–Crippen LogP) is 0.363. The lowest BCUT2D eigenvalue weighted by molar-refractivity contribution is 0.671. The summed E-state index contributed by atoms with van der Waals surface area (Å²) in [5.74, 6) is 0.423. The summed E-state index contributed by atoms with van der Waals surface area (Å²) in [5, 5.41) is 2.47. The van der Waals surface area contributed by atoms with Crippen molar-refractivity contribution in [1.82, 2.24) is 14.8 Å². The molecule has 0 amide bonds. The maximum Gasteiger partial charge on any atom is 0.137 e. The van der Waals surface area contributed by atoms with Crippen LogP contribution in [0.2, 0.25) is 0 Å². The van der Waals surface area contributed by atoms with Gasteiger partial charge in [-0.05, 0) is 27.2 Å². The van der Waals surface area contributed by atoms with Crippen molar-refractivity contribution in [2.45, 2.75) is 5.24 Å². The lowest BCUT2D eigenvalue weighted by Crippen LogP contribution is -2.35. The number of nitrogens with zero attached hydrogens (tertiary/aromatic N) is 3. The first kappa shape index (κ1) is 12.3. The molecule has 6 radical (unpaired) electrons. The smallest absolute Gasteiger partial charge is 0.137 e. The molecule has 2 rings (SSSR count). The lowest BCUT2D eigenvalue weighted by Gasteiger charge is -2.20. The Morgan fingerprint density at radius 3 is 2.47 bits per heavy atom. The van der Waals surface area contributed by atoms with Gasteiger partial charge in [0.05, 0.1) is 34.2 Å². The summed E-state index contributed by atoms with van der Waals surface area (Å²) >= 11 is 3.30. The Hall–Kier alpha value is -1.17. The maximum absolute atomic E-state index is 5.60. The molecule has 0 atom stereocenters. The number of rotatable bonds is 2. The van der Waals surface area contributed by atoms with Crippen molar-refractivity contribution in [1.29, 1.82) is 0 Å². The van der Waals surface area contributed by atoms with Crippen molar-refractivity contribution in [3.8, 4) is 11.1 Å². The molecule has 0 unspecified atom stereocenters. The Kier molecular flexibility index (Phi) is 3.08. The summed E-state index contributed by atoms with van der Waals surface area (Å²) < 4.78 is 1.98. The molecular formula is C9H6B3BrN4. The first-order chi connectivity index (χ1) is 7.88. The van der Waals surface area contributed by atoms with Gasteiger partial charge in [-0.1, -0.05) is 0 Å². The third kappa shape index (κ3) is 2.57. The third-order valence-corrected chi connectivity index (χ3v) is 2.82. The Balaban J connectivity index is 2.40. The SMILES string of the molecule is [B]C([B])([B])n1cc(-c2cnc(N)c(Br)c2)cn1. The van der Waals surface area contributed by atoms with Crippen LogP contribution in [0.5, 0.6) is 0 Å². The summed E-state index contributed by atoms with van der Waals surface area (Å²) in [4.78, 5) is 4.03. The second-order valence-electron chi connectivity index (χ2n) is 3.65. The molecule has 8 heteroatoms. The molecule has 0 aromatic carbocycles. The molecule has 2 N–H and O–H groups in total. The molecule has 0 saturated carbocycles. The van der Waals surface area contributed by atoms with E-state index in [-0.39, 0.29) is 0 Å². The normalized spacial score (nSPS) is 11.6. The van der Waals surface area contributed by atoms with Gasteiger partial charge in [0, 0.05) is 23.5 Å². The Morgan fingerprint density at radius 1 is 1.24 bits per heavy atom. The van der Waals surface area contributed by atoms with E-state index >= 15 is 0 Å². The van der Waals surface area contributed by atoms with Crippen LogP contribution in [0.25, 0.3) is 11.1 Å². The van der Waals surface area contributed by atoms with Gasteiger partial charge < -0.3 is 5.73 Å². The average Bonchev–Trinajstić information content (AvgIpc) is 2.70. The van der Waals surface area contributed by atoms with Crippen LogP contribution in [0.4, 0.5) is 5.82 Å². The first-order valence-electron chi connectivity index (χ1n) is 4.71. The summed E-state index contributed by atoms with van der Waals surface area (Å²) in [6.45, 7) is 0. The lowest BCUT2D eigenvalue weighted by atomic mass is 9.49. The van der Waals surface area contributed by atoms with E-state index in [1.165, 1.54) is 4.68 Å². The summed E-state index contributed by atoms with van der Waals surface area (Å²) in [6, 6.07) is 1.83. The van der Waals surface area contributed by atoms with Crippen molar-refractivity contribution in [3.63, 3.8) is 0 Å². The van der Waals surface area contributed by atoms with Gasteiger partial charge in [-0.2, -0.15) is 5.10 Å². The molecule has 2 aromatic rings. The highest BCUT2D eigenvalue weighted by atomic mass is 79.9. The molecule has 0 spiro atoms. The molecule has 17 heavy (non-hydrogen) atoms. The number of hydrogen-bond acceptors (Lipinski definition) is 3. The van der Waals surface area contributed by atoms with Crippen LogP contribution < -0.4 is 5.73 Å². The van der Waals surface area contributed by atoms with Crippen molar-refractivity contribution >= 4 is 45.3 Å². The zero-order valence-electron chi connectivity index (χ0n) is 8.84. The highest BCUT2D eigenvalue weighted by Crippen LogP contribution is 2.25. The van der Waals surface area contributed by atoms with Crippen LogP contribution in [-0.4, -0.2) is 38.3 Å². The second kappa shape index (κ2) is 4.25. The zero-order valence-corrected chi connectivity index (χ0v) is 10.4. The minimum atomic E-state index is -1.52. The fraction of sp³-hybridized carbons (Fsp3) is 0.111. The summed E-state index contributed by atoms with van der Waals surface area (Å²) in [5.41, 5.74) is 7.23. The van der Waals surface area contributed by atoms with Crippen LogP contribution in [0.1, 0.15) is 0 Å². The third-order valence-electron chi connectivity index (χ3n) is 2.18.